The summed E-state index contributed by atoms with van der Waals surface area (Å²) in [5.74, 6) is 0.821. The Hall–Kier alpha value is -4.46. The number of fused-ring (bicyclic) bond motifs is 1. The van der Waals surface area contributed by atoms with E-state index >= 15 is 0 Å². The standard InChI is InChI=1S/C29H30N6O2/c1-4-20(2)18-34-27-25(28(36)33(3)29(34)37)26(31-23-10-6-5-7-11-23)35(32-27)19-21-13-15-22(16-14-21)24-12-8-9-17-30-24/h5-17,20,31H,4,18-19H2,1-3H3/t20-/m0/s1. The molecule has 8 nitrogen and oxygen atoms in total. The SMILES string of the molecule is CC[C@H](C)Cn1c(=O)n(C)c(=O)c2c(Nc3ccccc3)n(Cc3ccc(-c4ccccn4)cc3)nc21. The Balaban J connectivity index is 1.63. The molecule has 0 saturated heterocycles. The molecule has 0 spiro atoms. The van der Waals surface area contributed by atoms with Crippen LogP contribution < -0.4 is 16.6 Å². The number of rotatable bonds is 8. The largest absolute Gasteiger partial charge is 0.340 e. The molecule has 1 N–H and O–H groups in total. The lowest BCUT2D eigenvalue weighted by molar-refractivity contribution is 0.453. The van der Waals surface area contributed by atoms with Gasteiger partial charge in [0.1, 0.15) is 11.2 Å². The molecule has 0 amide bonds. The van der Waals surface area contributed by atoms with Crippen LogP contribution in [0.4, 0.5) is 11.5 Å². The molecule has 3 heterocycles. The Labute approximate surface area is 214 Å². The first-order chi connectivity index (χ1) is 18.0. The van der Waals surface area contributed by atoms with Crippen molar-refractivity contribution in [3.8, 4) is 11.3 Å². The van der Waals surface area contributed by atoms with Crippen molar-refractivity contribution < 1.29 is 0 Å². The molecule has 0 aliphatic carbocycles. The van der Waals surface area contributed by atoms with Gasteiger partial charge in [0.25, 0.3) is 5.56 Å². The molecule has 37 heavy (non-hydrogen) atoms. The quantitative estimate of drug-likeness (QED) is 0.335. The molecule has 188 valence electrons. The second-order valence-corrected chi connectivity index (χ2v) is 9.38. The molecule has 8 heteroatoms. The van der Waals surface area contributed by atoms with Crippen LogP contribution in [-0.4, -0.2) is 23.9 Å². The number of pyridine rings is 1. The molecular formula is C29H30N6O2. The van der Waals surface area contributed by atoms with E-state index in [-0.39, 0.29) is 17.2 Å². The van der Waals surface area contributed by atoms with Crippen LogP contribution in [-0.2, 0) is 20.1 Å². The minimum Gasteiger partial charge on any atom is -0.340 e. The summed E-state index contributed by atoms with van der Waals surface area (Å²) < 4.78 is 4.58. The molecule has 5 aromatic rings. The Kier molecular flexibility index (Phi) is 6.72. The van der Waals surface area contributed by atoms with Gasteiger partial charge >= 0.3 is 5.69 Å². The fraction of sp³-hybridized carbons (Fsp3) is 0.241. The minimum absolute atomic E-state index is 0.258. The van der Waals surface area contributed by atoms with Crippen LogP contribution in [0.3, 0.4) is 0 Å². The Morgan fingerprint density at radius 2 is 1.68 bits per heavy atom. The Morgan fingerprint density at radius 1 is 0.946 bits per heavy atom. The van der Waals surface area contributed by atoms with E-state index < -0.39 is 0 Å². The van der Waals surface area contributed by atoms with Gasteiger partial charge in [-0.25, -0.2) is 9.48 Å². The molecule has 0 bridgehead atoms. The molecule has 0 unspecified atom stereocenters. The van der Waals surface area contributed by atoms with Gasteiger partial charge in [-0.05, 0) is 35.7 Å². The van der Waals surface area contributed by atoms with Gasteiger partial charge in [-0.1, -0.05) is 68.8 Å². The lowest BCUT2D eigenvalue weighted by atomic mass is 10.1. The topological polar surface area (TPSA) is 86.7 Å². The van der Waals surface area contributed by atoms with Crippen molar-refractivity contribution in [3.05, 3.63) is 105 Å². The van der Waals surface area contributed by atoms with E-state index in [1.54, 1.807) is 15.4 Å². The first-order valence-corrected chi connectivity index (χ1v) is 12.5. The van der Waals surface area contributed by atoms with Gasteiger partial charge in [-0.15, -0.1) is 0 Å². The van der Waals surface area contributed by atoms with E-state index in [4.69, 9.17) is 5.10 Å². The van der Waals surface area contributed by atoms with Gasteiger partial charge in [0, 0.05) is 31.0 Å². The zero-order valence-corrected chi connectivity index (χ0v) is 21.3. The molecule has 0 aliphatic heterocycles. The van der Waals surface area contributed by atoms with Crippen LogP contribution in [0.15, 0.2) is 88.6 Å². The fourth-order valence-electron chi connectivity index (χ4n) is 4.35. The summed E-state index contributed by atoms with van der Waals surface area (Å²) in [7, 11) is 1.52. The number of anilines is 2. The molecule has 0 fully saturated rings. The number of hydrogen-bond acceptors (Lipinski definition) is 5. The highest BCUT2D eigenvalue weighted by atomic mass is 16.2. The summed E-state index contributed by atoms with van der Waals surface area (Å²) in [6, 6.07) is 23.6. The highest BCUT2D eigenvalue weighted by Crippen LogP contribution is 2.26. The number of nitrogens with one attached hydrogen (secondary N) is 1. The van der Waals surface area contributed by atoms with Crippen molar-refractivity contribution in [2.75, 3.05) is 5.32 Å². The van der Waals surface area contributed by atoms with Crippen molar-refractivity contribution in [1.82, 2.24) is 23.9 Å². The van der Waals surface area contributed by atoms with E-state index in [0.29, 0.717) is 29.9 Å². The molecule has 0 aliphatic rings. The first kappa shape index (κ1) is 24.2. The Morgan fingerprint density at radius 3 is 2.35 bits per heavy atom. The van der Waals surface area contributed by atoms with Crippen molar-refractivity contribution in [2.45, 2.75) is 33.4 Å². The second kappa shape index (κ2) is 10.3. The minimum atomic E-state index is -0.365. The molecule has 1 atom stereocenters. The second-order valence-electron chi connectivity index (χ2n) is 9.38. The maximum atomic E-state index is 13.4. The maximum Gasteiger partial charge on any atom is 0.332 e. The molecule has 0 radical (unpaired) electrons. The van der Waals surface area contributed by atoms with Crippen molar-refractivity contribution in [3.63, 3.8) is 0 Å². The van der Waals surface area contributed by atoms with E-state index in [9.17, 15) is 9.59 Å². The average molecular weight is 495 g/mol. The van der Waals surface area contributed by atoms with Gasteiger partial charge < -0.3 is 5.32 Å². The lowest BCUT2D eigenvalue weighted by Gasteiger charge is -2.13. The summed E-state index contributed by atoms with van der Waals surface area (Å²) in [6.07, 6.45) is 2.69. The highest BCUT2D eigenvalue weighted by Gasteiger charge is 2.22. The van der Waals surface area contributed by atoms with Gasteiger partial charge in [-0.2, -0.15) is 5.10 Å². The molecule has 5 rings (SSSR count). The predicted octanol–water partition coefficient (Wildman–Crippen LogP) is 4.80. The van der Waals surface area contributed by atoms with Crippen molar-refractivity contribution >= 4 is 22.5 Å². The van der Waals surface area contributed by atoms with E-state index in [1.807, 2.05) is 72.8 Å². The average Bonchev–Trinajstić information content (AvgIpc) is 3.28. The zero-order valence-electron chi connectivity index (χ0n) is 21.3. The summed E-state index contributed by atoms with van der Waals surface area (Å²) in [4.78, 5) is 30.9. The summed E-state index contributed by atoms with van der Waals surface area (Å²) in [5, 5.41) is 8.63. The first-order valence-electron chi connectivity index (χ1n) is 12.5. The van der Waals surface area contributed by atoms with Crippen LogP contribution in [0.2, 0.25) is 0 Å². The molecule has 0 saturated carbocycles. The third-order valence-electron chi connectivity index (χ3n) is 6.70. The summed E-state index contributed by atoms with van der Waals surface area (Å²) in [5.41, 5.74) is 3.45. The third kappa shape index (κ3) is 4.82. The third-order valence-corrected chi connectivity index (χ3v) is 6.70. The van der Waals surface area contributed by atoms with E-state index in [0.717, 1.165) is 28.9 Å². The van der Waals surface area contributed by atoms with E-state index in [1.165, 1.54) is 11.6 Å². The van der Waals surface area contributed by atoms with Crippen LogP contribution in [0.5, 0.6) is 0 Å². The number of hydrogen-bond donors (Lipinski definition) is 1. The highest BCUT2D eigenvalue weighted by molar-refractivity contribution is 5.89. The molecule has 2 aromatic carbocycles. The number of nitrogens with zero attached hydrogens (tertiary/aromatic N) is 5. The van der Waals surface area contributed by atoms with Crippen LogP contribution >= 0.6 is 0 Å². The molecular weight excluding hydrogens is 464 g/mol. The van der Waals surface area contributed by atoms with Gasteiger partial charge in [0.15, 0.2) is 5.65 Å². The smallest absolute Gasteiger partial charge is 0.332 e. The maximum absolute atomic E-state index is 13.4. The number of benzene rings is 2. The summed E-state index contributed by atoms with van der Waals surface area (Å²) >= 11 is 0. The van der Waals surface area contributed by atoms with Crippen LogP contribution in [0.1, 0.15) is 25.8 Å². The zero-order chi connectivity index (χ0) is 25.9. The predicted molar refractivity (Wildman–Crippen MR) is 147 cm³/mol. The van der Waals surface area contributed by atoms with Crippen LogP contribution in [0, 0.1) is 5.92 Å². The monoisotopic (exact) mass is 494 g/mol. The normalized spacial score (nSPS) is 12.1. The van der Waals surface area contributed by atoms with Gasteiger partial charge in [0.2, 0.25) is 0 Å². The number of aromatic nitrogens is 5. The lowest BCUT2D eigenvalue weighted by Crippen LogP contribution is -2.39. The molecule has 3 aromatic heterocycles. The van der Waals surface area contributed by atoms with Crippen LogP contribution in [0.25, 0.3) is 22.3 Å². The van der Waals surface area contributed by atoms with Crippen molar-refractivity contribution in [2.24, 2.45) is 13.0 Å². The van der Waals surface area contributed by atoms with Crippen molar-refractivity contribution in [1.29, 1.82) is 0 Å². The Bertz CT molecular complexity index is 1630. The van der Waals surface area contributed by atoms with Gasteiger partial charge in [0.05, 0.1) is 12.2 Å². The number of para-hydroxylation sites is 1. The van der Waals surface area contributed by atoms with Gasteiger partial charge in [-0.3, -0.25) is 18.9 Å². The fourth-order valence-corrected chi connectivity index (χ4v) is 4.35. The van der Waals surface area contributed by atoms with E-state index in [2.05, 4.69) is 24.1 Å². The summed E-state index contributed by atoms with van der Waals surface area (Å²) in [6.45, 7) is 5.09.